The molecule has 0 atom stereocenters. The average molecular weight is 432 g/mol. The minimum Gasteiger partial charge on any atom is -0.406 e. The molecule has 0 heterocycles. The molecule has 0 aliphatic carbocycles. The van der Waals surface area contributed by atoms with Crippen molar-refractivity contribution in [2.75, 3.05) is 0 Å². The van der Waals surface area contributed by atoms with E-state index in [1.165, 1.54) is 12.1 Å². The molecule has 0 unspecified atom stereocenters. The Kier molecular flexibility index (Phi) is 6.11. The summed E-state index contributed by atoms with van der Waals surface area (Å²) >= 11 is 0. The SMILES string of the molecule is N#Cc1ccc(CNCc2ccc(OC(F)(F)F)cc2)cc1-c1cccc2ccccc12. The lowest BCUT2D eigenvalue weighted by Crippen LogP contribution is -2.17. The fourth-order valence-corrected chi connectivity index (χ4v) is 3.64. The molecule has 4 aromatic rings. The van der Waals surface area contributed by atoms with E-state index in [0.29, 0.717) is 18.7 Å². The molecule has 32 heavy (non-hydrogen) atoms. The molecule has 160 valence electrons. The fraction of sp³-hybridized carbons (Fsp3) is 0.115. The molecule has 3 nitrogen and oxygen atoms in total. The van der Waals surface area contributed by atoms with Gasteiger partial charge in [0.25, 0.3) is 0 Å². The van der Waals surface area contributed by atoms with Gasteiger partial charge in [0, 0.05) is 18.7 Å². The monoisotopic (exact) mass is 432 g/mol. The Morgan fingerprint density at radius 2 is 1.47 bits per heavy atom. The molecule has 4 aromatic carbocycles. The van der Waals surface area contributed by atoms with E-state index >= 15 is 0 Å². The van der Waals surface area contributed by atoms with Crippen molar-refractivity contribution >= 4 is 10.8 Å². The number of alkyl halides is 3. The first-order valence-electron chi connectivity index (χ1n) is 9.99. The highest BCUT2D eigenvalue weighted by molar-refractivity contribution is 5.97. The van der Waals surface area contributed by atoms with Gasteiger partial charge in [-0.2, -0.15) is 5.26 Å². The van der Waals surface area contributed by atoms with Crippen molar-refractivity contribution in [2.45, 2.75) is 19.5 Å². The Morgan fingerprint density at radius 1 is 0.781 bits per heavy atom. The number of halogens is 3. The van der Waals surface area contributed by atoms with Crippen LogP contribution >= 0.6 is 0 Å². The number of fused-ring (bicyclic) bond motifs is 1. The second kappa shape index (κ2) is 9.13. The van der Waals surface area contributed by atoms with Crippen LogP contribution in [0.25, 0.3) is 21.9 Å². The average Bonchev–Trinajstić information content (AvgIpc) is 2.79. The Bertz CT molecular complexity index is 1270. The maximum absolute atomic E-state index is 12.3. The van der Waals surface area contributed by atoms with E-state index < -0.39 is 6.36 Å². The van der Waals surface area contributed by atoms with Crippen LogP contribution in [0.2, 0.25) is 0 Å². The Hall–Kier alpha value is -3.82. The molecule has 6 heteroatoms. The molecule has 0 spiro atoms. The van der Waals surface area contributed by atoms with Crippen LogP contribution in [0.4, 0.5) is 13.2 Å². The van der Waals surface area contributed by atoms with E-state index in [2.05, 4.69) is 16.1 Å². The fourth-order valence-electron chi connectivity index (χ4n) is 3.64. The molecular weight excluding hydrogens is 413 g/mol. The third kappa shape index (κ3) is 5.08. The van der Waals surface area contributed by atoms with Gasteiger partial charge >= 0.3 is 6.36 Å². The molecule has 0 fully saturated rings. The van der Waals surface area contributed by atoms with Gasteiger partial charge in [0.05, 0.1) is 11.6 Å². The van der Waals surface area contributed by atoms with Crippen LogP contribution in [0.1, 0.15) is 16.7 Å². The molecular formula is C26H19F3N2O. The first kappa shape index (κ1) is 21.4. The lowest BCUT2D eigenvalue weighted by Gasteiger charge is -2.12. The van der Waals surface area contributed by atoms with E-state index in [4.69, 9.17) is 0 Å². The van der Waals surface area contributed by atoms with E-state index in [-0.39, 0.29) is 5.75 Å². The predicted molar refractivity (Wildman–Crippen MR) is 118 cm³/mol. The van der Waals surface area contributed by atoms with Gasteiger partial charge in [0.15, 0.2) is 0 Å². The number of nitrogens with zero attached hydrogens (tertiary/aromatic N) is 1. The summed E-state index contributed by atoms with van der Waals surface area (Å²) in [6.45, 7) is 1.03. The van der Waals surface area contributed by atoms with Gasteiger partial charge in [-0.3, -0.25) is 0 Å². The van der Waals surface area contributed by atoms with E-state index in [9.17, 15) is 18.4 Å². The summed E-state index contributed by atoms with van der Waals surface area (Å²) in [7, 11) is 0. The minimum atomic E-state index is -4.70. The van der Waals surface area contributed by atoms with Gasteiger partial charge in [-0.1, -0.05) is 60.7 Å². The van der Waals surface area contributed by atoms with E-state index in [1.807, 2.05) is 60.7 Å². The molecule has 0 saturated carbocycles. The van der Waals surface area contributed by atoms with Crippen LogP contribution in [0, 0.1) is 11.3 Å². The molecule has 4 rings (SSSR count). The van der Waals surface area contributed by atoms with Gasteiger partial charge in [-0.25, -0.2) is 0 Å². The second-order valence-electron chi connectivity index (χ2n) is 7.31. The van der Waals surface area contributed by atoms with Gasteiger partial charge < -0.3 is 10.1 Å². The van der Waals surface area contributed by atoms with Gasteiger partial charge in [0.2, 0.25) is 0 Å². The zero-order chi connectivity index (χ0) is 22.6. The zero-order valence-corrected chi connectivity index (χ0v) is 17.0. The van der Waals surface area contributed by atoms with Crippen LogP contribution in [0.3, 0.4) is 0 Å². The van der Waals surface area contributed by atoms with Crippen LogP contribution in [-0.4, -0.2) is 6.36 Å². The van der Waals surface area contributed by atoms with Crippen LogP contribution < -0.4 is 10.1 Å². The van der Waals surface area contributed by atoms with Crippen molar-refractivity contribution in [1.82, 2.24) is 5.32 Å². The number of rotatable bonds is 6. The van der Waals surface area contributed by atoms with Crippen molar-refractivity contribution in [2.24, 2.45) is 0 Å². The highest BCUT2D eigenvalue weighted by atomic mass is 19.4. The molecule has 0 aromatic heterocycles. The molecule has 0 amide bonds. The molecule has 0 aliphatic heterocycles. The second-order valence-corrected chi connectivity index (χ2v) is 7.31. The zero-order valence-electron chi connectivity index (χ0n) is 17.0. The summed E-state index contributed by atoms with van der Waals surface area (Å²) in [5, 5.41) is 15.1. The standard InChI is InChI=1S/C26H19F3N2O/c27-26(28,29)32-22-12-9-18(10-13-22)16-31-17-19-8-11-21(15-30)25(14-19)24-7-3-5-20-4-1-2-6-23(20)24/h1-14,31H,16-17H2. The van der Waals surface area contributed by atoms with Crippen molar-refractivity contribution < 1.29 is 17.9 Å². The summed E-state index contributed by atoms with van der Waals surface area (Å²) in [4.78, 5) is 0. The van der Waals surface area contributed by atoms with Crippen molar-refractivity contribution in [3.8, 4) is 22.9 Å². The smallest absolute Gasteiger partial charge is 0.406 e. The van der Waals surface area contributed by atoms with Crippen LogP contribution in [0.15, 0.2) is 84.9 Å². The third-order valence-electron chi connectivity index (χ3n) is 5.10. The van der Waals surface area contributed by atoms with Crippen molar-refractivity contribution in [1.29, 1.82) is 5.26 Å². The lowest BCUT2D eigenvalue weighted by atomic mass is 9.93. The number of hydrogen-bond donors (Lipinski definition) is 1. The number of benzene rings is 4. The molecule has 0 aliphatic rings. The first-order chi connectivity index (χ1) is 15.4. The summed E-state index contributed by atoms with van der Waals surface area (Å²) < 4.78 is 40.7. The summed E-state index contributed by atoms with van der Waals surface area (Å²) in [5.74, 6) is -0.243. The quantitative estimate of drug-likeness (QED) is 0.375. The maximum Gasteiger partial charge on any atom is 0.573 e. The third-order valence-corrected chi connectivity index (χ3v) is 5.10. The molecule has 1 N–H and O–H groups in total. The van der Waals surface area contributed by atoms with Gasteiger partial charge in [-0.15, -0.1) is 13.2 Å². The topological polar surface area (TPSA) is 45.0 Å². The highest BCUT2D eigenvalue weighted by Crippen LogP contribution is 2.31. The van der Waals surface area contributed by atoms with Crippen molar-refractivity contribution in [3.05, 3.63) is 102 Å². The predicted octanol–water partition coefficient (Wildman–Crippen LogP) is 6.57. The number of nitriles is 1. The van der Waals surface area contributed by atoms with E-state index in [1.54, 1.807) is 12.1 Å². The van der Waals surface area contributed by atoms with Gasteiger partial charge in [-0.05, 0) is 51.7 Å². The van der Waals surface area contributed by atoms with E-state index in [0.717, 1.165) is 33.0 Å². The Balaban J connectivity index is 1.49. The Morgan fingerprint density at radius 3 is 2.22 bits per heavy atom. The number of nitrogens with one attached hydrogen (secondary N) is 1. The number of hydrogen-bond acceptors (Lipinski definition) is 3. The normalized spacial score (nSPS) is 11.3. The highest BCUT2D eigenvalue weighted by Gasteiger charge is 2.30. The molecule has 0 radical (unpaired) electrons. The first-order valence-corrected chi connectivity index (χ1v) is 9.99. The van der Waals surface area contributed by atoms with Gasteiger partial charge in [0.1, 0.15) is 5.75 Å². The minimum absolute atomic E-state index is 0.243. The van der Waals surface area contributed by atoms with Crippen molar-refractivity contribution in [3.63, 3.8) is 0 Å². The summed E-state index contributed by atoms with van der Waals surface area (Å²) in [5.41, 5.74) is 4.32. The summed E-state index contributed by atoms with van der Waals surface area (Å²) in [6, 6.07) is 27.9. The largest absolute Gasteiger partial charge is 0.573 e. The molecule has 0 saturated heterocycles. The molecule has 0 bridgehead atoms. The maximum atomic E-state index is 12.3. The Labute approximate surface area is 183 Å². The van der Waals surface area contributed by atoms with Crippen LogP contribution in [-0.2, 0) is 13.1 Å². The van der Waals surface area contributed by atoms with Crippen LogP contribution in [0.5, 0.6) is 5.75 Å². The summed E-state index contributed by atoms with van der Waals surface area (Å²) in [6.07, 6.45) is -4.70. The number of ether oxygens (including phenoxy) is 1. The lowest BCUT2D eigenvalue weighted by molar-refractivity contribution is -0.274.